The number of benzene rings is 1. The highest BCUT2D eigenvalue weighted by atomic mass is 16.5. The fourth-order valence-corrected chi connectivity index (χ4v) is 3.16. The van der Waals surface area contributed by atoms with E-state index < -0.39 is 0 Å². The van der Waals surface area contributed by atoms with Crippen molar-refractivity contribution < 1.29 is 14.3 Å². The zero-order valence-electron chi connectivity index (χ0n) is 11.9. The van der Waals surface area contributed by atoms with E-state index in [2.05, 4.69) is 0 Å². The van der Waals surface area contributed by atoms with Crippen molar-refractivity contribution in [1.29, 1.82) is 0 Å². The molecule has 1 aromatic rings. The highest BCUT2D eigenvalue weighted by Crippen LogP contribution is 2.35. The van der Waals surface area contributed by atoms with Gasteiger partial charge >= 0.3 is 0 Å². The average molecular weight is 274 g/mol. The smallest absolute Gasteiger partial charge is 0.257 e. The molecule has 5 heteroatoms. The molecule has 106 valence electrons. The third-order valence-corrected chi connectivity index (χ3v) is 4.31. The fourth-order valence-electron chi connectivity index (χ4n) is 3.16. The number of ether oxygens (including phenoxy) is 1. The molecule has 1 fully saturated rings. The normalized spacial score (nSPS) is 25.4. The molecule has 20 heavy (non-hydrogen) atoms. The van der Waals surface area contributed by atoms with E-state index >= 15 is 0 Å². The van der Waals surface area contributed by atoms with Crippen molar-refractivity contribution >= 4 is 17.5 Å². The maximum absolute atomic E-state index is 12.8. The summed E-state index contributed by atoms with van der Waals surface area (Å²) in [7, 11) is 3.30. The highest BCUT2D eigenvalue weighted by Gasteiger charge is 2.44. The number of fused-ring (bicyclic) bond motifs is 2. The van der Waals surface area contributed by atoms with Crippen molar-refractivity contribution in [3.05, 3.63) is 23.8 Å². The van der Waals surface area contributed by atoms with Gasteiger partial charge < -0.3 is 14.5 Å². The van der Waals surface area contributed by atoms with Gasteiger partial charge in [0, 0.05) is 13.1 Å². The van der Waals surface area contributed by atoms with Gasteiger partial charge in [0.15, 0.2) is 0 Å². The Morgan fingerprint density at radius 1 is 1.25 bits per heavy atom. The Kier molecular flexibility index (Phi) is 2.92. The Bertz CT molecular complexity index is 584. The topological polar surface area (TPSA) is 49.9 Å². The predicted molar refractivity (Wildman–Crippen MR) is 75.1 cm³/mol. The first-order valence-corrected chi connectivity index (χ1v) is 6.83. The van der Waals surface area contributed by atoms with Gasteiger partial charge in [-0.05, 0) is 38.0 Å². The number of carbonyl (C=O) groups is 2. The zero-order chi connectivity index (χ0) is 14.4. The Hall–Kier alpha value is -2.04. The first-order chi connectivity index (χ1) is 9.54. The summed E-state index contributed by atoms with van der Waals surface area (Å²) in [6.07, 6.45) is 1.61. The number of nitrogens with zero attached hydrogens (tertiary/aromatic N) is 2. The van der Waals surface area contributed by atoms with Gasteiger partial charge in [0.25, 0.3) is 5.91 Å². The molecular weight excluding hydrogens is 256 g/mol. The van der Waals surface area contributed by atoms with Crippen LogP contribution < -0.4 is 9.64 Å². The lowest BCUT2D eigenvalue weighted by Gasteiger charge is -2.26. The van der Waals surface area contributed by atoms with Gasteiger partial charge in [0.2, 0.25) is 5.91 Å². The van der Waals surface area contributed by atoms with Gasteiger partial charge in [0.05, 0.1) is 18.4 Å². The van der Waals surface area contributed by atoms with Gasteiger partial charge in [-0.15, -0.1) is 0 Å². The van der Waals surface area contributed by atoms with Crippen LogP contribution in [0.4, 0.5) is 5.69 Å². The standard InChI is InChI=1S/C15H18N2O3/c1-9-4-6-13-15(19)16(2)12-7-5-10(20-3)8-11(12)14(18)17(9)13/h5,7-9,13H,4,6H2,1-3H3. The van der Waals surface area contributed by atoms with Crippen molar-refractivity contribution in [3.8, 4) is 5.75 Å². The fraction of sp³-hybridized carbons (Fsp3) is 0.467. The molecule has 0 aliphatic carbocycles. The molecule has 1 saturated heterocycles. The van der Waals surface area contributed by atoms with Crippen molar-refractivity contribution in [1.82, 2.24) is 4.90 Å². The molecule has 0 aromatic heterocycles. The van der Waals surface area contributed by atoms with Crippen molar-refractivity contribution in [2.75, 3.05) is 19.1 Å². The van der Waals surface area contributed by atoms with E-state index in [-0.39, 0.29) is 23.9 Å². The van der Waals surface area contributed by atoms with Crippen molar-refractivity contribution in [2.45, 2.75) is 31.8 Å². The first-order valence-electron chi connectivity index (χ1n) is 6.83. The van der Waals surface area contributed by atoms with Gasteiger partial charge in [-0.3, -0.25) is 9.59 Å². The summed E-state index contributed by atoms with van der Waals surface area (Å²) >= 11 is 0. The monoisotopic (exact) mass is 274 g/mol. The second kappa shape index (κ2) is 4.51. The zero-order valence-corrected chi connectivity index (χ0v) is 11.9. The lowest BCUT2D eigenvalue weighted by atomic mass is 10.1. The molecule has 1 aromatic carbocycles. The molecule has 0 radical (unpaired) electrons. The predicted octanol–water partition coefficient (Wildman–Crippen LogP) is 1.66. The summed E-state index contributed by atoms with van der Waals surface area (Å²) in [4.78, 5) is 28.6. The van der Waals surface area contributed by atoms with Crippen LogP contribution >= 0.6 is 0 Å². The number of rotatable bonds is 1. The van der Waals surface area contributed by atoms with Crippen LogP contribution in [0.15, 0.2) is 18.2 Å². The van der Waals surface area contributed by atoms with E-state index in [1.54, 1.807) is 42.2 Å². The van der Waals surface area contributed by atoms with E-state index in [4.69, 9.17) is 4.74 Å². The maximum Gasteiger partial charge on any atom is 0.257 e. The number of hydrogen-bond donors (Lipinski definition) is 0. The first kappa shape index (κ1) is 13.0. The minimum atomic E-state index is -0.333. The second-order valence-corrected chi connectivity index (χ2v) is 5.43. The van der Waals surface area contributed by atoms with Crippen LogP contribution in [0.1, 0.15) is 30.1 Å². The molecule has 2 unspecified atom stereocenters. The van der Waals surface area contributed by atoms with E-state index in [1.807, 2.05) is 6.92 Å². The third-order valence-electron chi connectivity index (χ3n) is 4.31. The summed E-state index contributed by atoms with van der Waals surface area (Å²) in [5, 5.41) is 0. The van der Waals surface area contributed by atoms with E-state index in [0.29, 0.717) is 17.0 Å². The van der Waals surface area contributed by atoms with Crippen LogP contribution in [0.5, 0.6) is 5.75 Å². The largest absolute Gasteiger partial charge is 0.497 e. The average Bonchev–Trinajstić information content (AvgIpc) is 2.82. The summed E-state index contributed by atoms with van der Waals surface area (Å²) in [6.45, 7) is 2.00. The SMILES string of the molecule is COc1ccc2c(c1)C(=O)N1C(C)CCC1C(=O)N2C. The molecule has 0 spiro atoms. The van der Waals surface area contributed by atoms with Crippen molar-refractivity contribution in [2.24, 2.45) is 0 Å². The minimum absolute atomic E-state index is 0.00776. The number of carbonyl (C=O) groups excluding carboxylic acids is 2. The van der Waals surface area contributed by atoms with Gasteiger partial charge in [-0.2, -0.15) is 0 Å². The van der Waals surface area contributed by atoms with Crippen LogP contribution in [0.25, 0.3) is 0 Å². The van der Waals surface area contributed by atoms with Gasteiger partial charge in [-0.1, -0.05) is 0 Å². The molecule has 2 amide bonds. The number of likely N-dealkylation sites (N-methyl/N-ethyl adjacent to an activating group) is 1. The Morgan fingerprint density at radius 3 is 2.70 bits per heavy atom. The molecule has 0 bridgehead atoms. The van der Waals surface area contributed by atoms with Crippen LogP contribution in [-0.4, -0.2) is 43.0 Å². The molecule has 2 atom stereocenters. The van der Waals surface area contributed by atoms with Crippen LogP contribution in [0, 0.1) is 0 Å². The Labute approximate surface area is 118 Å². The van der Waals surface area contributed by atoms with Crippen LogP contribution in [0.2, 0.25) is 0 Å². The Balaban J connectivity index is 2.16. The van der Waals surface area contributed by atoms with Gasteiger partial charge in [-0.25, -0.2) is 0 Å². The summed E-state index contributed by atoms with van der Waals surface area (Å²) in [5.41, 5.74) is 1.19. The van der Waals surface area contributed by atoms with E-state index in [1.165, 1.54) is 0 Å². The number of methoxy groups -OCH3 is 1. The summed E-state index contributed by atoms with van der Waals surface area (Å²) in [5.74, 6) is 0.543. The second-order valence-electron chi connectivity index (χ2n) is 5.43. The lowest BCUT2D eigenvalue weighted by Crippen LogP contribution is -2.45. The van der Waals surface area contributed by atoms with E-state index in [9.17, 15) is 9.59 Å². The maximum atomic E-state index is 12.8. The van der Waals surface area contributed by atoms with Gasteiger partial charge in [0.1, 0.15) is 11.8 Å². The quantitative estimate of drug-likeness (QED) is 0.782. The van der Waals surface area contributed by atoms with Crippen LogP contribution in [0.3, 0.4) is 0 Å². The lowest BCUT2D eigenvalue weighted by molar-refractivity contribution is -0.122. The molecule has 2 aliphatic heterocycles. The number of anilines is 1. The Morgan fingerprint density at radius 2 is 2.00 bits per heavy atom. The molecule has 2 heterocycles. The van der Waals surface area contributed by atoms with Crippen molar-refractivity contribution in [3.63, 3.8) is 0 Å². The third kappa shape index (κ3) is 1.69. The van der Waals surface area contributed by atoms with E-state index in [0.717, 1.165) is 12.8 Å². The molecule has 3 rings (SSSR count). The number of hydrogen-bond acceptors (Lipinski definition) is 3. The molecule has 2 aliphatic rings. The van der Waals surface area contributed by atoms with Crippen LogP contribution in [-0.2, 0) is 4.79 Å². The summed E-state index contributed by atoms with van der Waals surface area (Å²) in [6, 6.07) is 5.03. The minimum Gasteiger partial charge on any atom is -0.497 e. The highest BCUT2D eigenvalue weighted by molar-refractivity contribution is 6.11. The molecule has 5 nitrogen and oxygen atoms in total. The molecular formula is C15H18N2O3. The summed E-state index contributed by atoms with van der Waals surface area (Å²) < 4.78 is 5.20. The number of amides is 2. The molecule has 0 saturated carbocycles. The molecule has 0 N–H and O–H groups in total.